The Hall–Kier alpha value is -2.62. The van der Waals surface area contributed by atoms with E-state index in [1.54, 1.807) is 48.5 Å². The first-order valence-electron chi connectivity index (χ1n) is 8.72. The molecule has 0 amide bonds. The summed E-state index contributed by atoms with van der Waals surface area (Å²) in [6.45, 7) is 2.13. The predicted octanol–water partition coefficient (Wildman–Crippen LogP) is 5.00. The Kier molecular flexibility index (Phi) is 7.70. The summed E-state index contributed by atoms with van der Waals surface area (Å²) < 4.78 is 10.9. The molecule has 0 aliphatic heterocycles. The Morgan fingerprint density at radius 2 is 1.24 bits per heavy atom. The van der Waals surface area contributed by atoms with E-state index >= 15 is 0 Å². The van der Waals surface area contributed by atoms with Gasteiger partial charge in [-0.15, -0.1) is 0 Å². The first-order chi connectivity index (χ1) is 12.2. The summed E-state index contributed by atoms with van der Waals surface area (Å²) in [6, 6.07) is 17.4. The molecule has 25 heavy (non-hydrogen) atoms. The second-order valence-electron chi connectivity index (χ2n) is 5.82. The van der Waals surface area contributed by atoms with Crippen LogP contribution in [0, 0.1) is 0 Å². The topological polar surface area (TPSA) is 52.6 Å². The van der Waals surface area contributed by atoms with Gasteiger partial charge in [-0.05, 0) is 30.7 Å². The van der Waals surface area contributed by atoms with E-state index in [9.17, 15) is 9.59 Å². The molecule has 132 valence electrons. The standard InChI is InChI=1S/C21H24O4/c1-2-3-4-11-16-19(24-20(22)17-12-7-5-8-13-17)25-21(23)18-14-9-6-10-15-18/h5-10,12-15,19H,2-4,11,16H2,1H3. The number of benzene rings is 2. The predicted molar refractivity (Wildman–Crippen MR) is 96.3 cm³/mol. The van der Waals surface area contributed by atoms with E-state index < -0.39 is 18.2 Å². The van der Waals surface area contributed by atoms with Gasteiger partial charge in [0.05, 0.1) is 11.1 Å². The van der Waals surface area contributed by atoms with Crippen molar-refractivity contribution in [3.8, 4) is 0 Å². The maximum atomic E-state index is 12.2. The number of unbranched alkanes of at least 4 members (excludes halogenated alkanes) is 3. The van der Waals surface area contributed by atoms with Crippen molar-refractivity contribution in [3.63, 3.8) is 0 Å². The largest absolute Gasteiger partial charge is 0.422 e. The molecule has 0 N–H and O–H groups in total. The van der Waals surface area contributed by atoms with Crippen LogP contribution in [0.15, 0.2) is 60.7 Å². The number of carbonyl (C=O) groups is 2. The van der Waals surface area contributed by atoms with Crippen molar-refractivity contribution in [2.75, 3.05) is 0 Å². The van der Waals surface area contributed by atoms with E-state index in [4.69, 9.17) is 9.47 Å². The summed E-state index contributed by atoms with van der Waals surface area (Å²) in [4.78, 5) is 24.5. The van der Waals surface area contributed by atoms with Crippen molar-refractivity contribution in [1.29, 1.82) is 0 Å². The van der Waals surface area contributed by atoms with Crippen molar-refractivity contribution in [1.82, 2.24) is 0 Å². The fourth-order valence-corrected chi connectivity index (χ4v) is 2.40. The number of esters is 2. The Labute approximate surface area is 148 Å². The molecule has 0 unspecified atom stereocenters. The Morgan fingerprint density at radius 1 is 0.760 bits per heavy atom. The molecule has 0 heterocycles. The van der Waals surface area contributed by atoms with E-state index in [1.807, 2.05) is 12.1 Å². The lowest BCUT2D eigenvalue weighted by atomic mass is 10.1. The molecule has 0 aliphatic carbocycles. The van der Waals surface area contributed by atoms with E-state index in [0.29, 0.717) is 17.5 Å². The van der Waals surface area contributed by atoms with Crippen LogP contribution in [0.2, 0.25) is 0 Å². The molecule has 0 fully saturated rings. The van der Waals surface area contributed by atoms with Gasteiger partial charge in [0.2, 0.25) is 6.29 Å². The maximum absolute atomic E-state index is 12.2. The van der Waals surface area contributed by atoms with Gasteiger partial charge in [-0.2, -0.15) is 0 Å². The van der Waals surface area contributed by atoms with Gasteiger partial charge in [0.15, 0.2) is 0 Å². The molecule has 0 saturated carbocycles. The van der Waals surface area contributed by atoms with Gasteiger partial charge in [-0.1, -0.05) is 62.6 Å². The fraction of sp³-hybridized carbons (Fsp3) is 0.333. The molecule has 2 rings (SSSR count). The first kappa shape index (κ1) is 18.7. The normalized spacial score (nSPS) is 10.5. The fourth-order valence-electron chi connectivity index (χ4n) is 2.40. The molecule has 0 aliphatic rings. The average Bonchev–Trinajstić information content (AvgIpc) is 2.66. The zero-order valence-electron chi connectivity index (χ0n) is 14.5. The van der Waals surface area contributed by atoms with Crippen molar-refractivity contribution < 1.29 is 19.1 Å². The molecular weight excluding hydrogens is 316 g/mol. The van der Waals surface area contributed by atoms with Crippen LogP contribution in [-0.2, 0) is 9.47 Å². The quantitative estimate of drug-likeness (QED) is 0.366. The third-order valence-corrected chi connectivity index (χ3v) is 3.79. The van der Waals surface area contributed by atoms with Gasteiger partial charge in [-0.3, -0.25) is 0 Å². The third kappa shape index (κ3) is 6.42. The summed E-state index contributed by atoms with van der Waals surface area (Å²) in [5, 5.41) is 0. The summed E-state index contributed by atoms with van der Waals surface area (Å²) in [6.07, 6.45) is 3.68. The SMILES string of the molecule is CCCCCCC(OC(=O)c1ccccc1)OC(=O)c1ccccc1. The molecule has 0 aromatic heterocycles. The van der Waals surface area contributed by atoms with E-state index in [0.717, 1.165) is 25.7 Å². The van der Waals surface area contributed by atoms with Gasteiger partial charge in [0.25, 0.3) is 0 Å². The molecule has 4 nitrogen and oxygen atoms in total. The third-order valence-electron chi connectivity index (χ3n) is 3.79. The molecule has 2 aromatic rings. The number of hydrogen-bond donors (Lipinski definition) is 0. The highest BCUT2D eigenvalue weighted by molar-refractivity contribution is 5.90. The van der Waals surface area contributed by atoms with Crippen molar-refractivity contribution >= 4 is 11.9 Å². The van der Waals surface area contributed by atoms with Crippen LogP contribution < -0.4 is 0 Å². The molecule has 2 aromatic carbocycles. The minimum absolute atomic E-state index is 0.441. The van der Waals surface area contributed by atoms with Crippen molar-refractivity contribution in [2.24, 2.45) is 0 Å². The van der Waals surface area contributed by atoms with Gasteiger partial charge in [0, 0.05) is 6.42 Å². The minimum Gasteiger partial charge on any atom is -0.422 e. The van der Waals surface area contributed by atoms with Crippen LogP contribution >= 0.6 is 0 Å². The van der Waals surface area contributed by atoms with Crippen LogP contribution in [0.5, 0.6) is 0 Å². The van der Waals surface area contributed by atoms with Crippen LogP contribution in [0.4, 0.5) is 0 Å². The molecule has 0 atom stereocenters. The maximum Gasteiger partial charge on any atom is 0.341 e. The van der Waals surface area contributed by atoms with Crippen LogP contribution in [0.3, 0.4) is 0 Å². The van der Waals surface area contributed by atoms with Gasteiger partial charge in [0.1, 0.15) is 0 Å². The highest BCUT2D eigenvalue weighted by Crippen LogP contribution is 2.14. The molecule has 0 saturated heterocycles. The van der Waals surface area contributed by atoms with Crippen molar-refractivity contribution in [3.05, 3.63) is 71.8 Å². The van der Waals surface area contributed by atoms with E-state index in [-0.39, 0.29) is 0 Å². The molecule has 0 radical (unpaired) electrons. The minimum atomic E-state index is -0.878. The lowest BCUT2D eigenvalue weighted by Crippen LogP contribution is -2.25. The lowest BCUT2D eigenvalue weighted by molar-refractivity contribution is -0.0838. The zero-order valence-corrected chi connectivity index (χ0v) is 14.5. The summed E-state index contributed by atoms with van der Waals surface area (Å²) >= 11 is 0. The zero-order chi connectivity index (χ0) is 17.9. The second kappa shape index (κ2) is 10.3. The summed E-state index contributed by atoms with van der Waals surface area (Å²) in [5.41, 5.74) is 0.883. The van der Waals surface area contributed by atoms with Crippen LogP contribution in [0.1, 0.15) is 59.7 Å². The Balaban J connectivity index is 1.99. The lowest BCUT2D eigenvalue weighted by Gasteiger charge is -2.18. The monoisotopic (exact) mass is 340 g/mol. The highest BCUT2D eigenvalue weighted by Gasteiger charge is 2.20. The highest BCUT2D eigenvalue weighted by atomic mass is 16.7. The number of hydrogen-bond acceptors (Lipinski definition) is 4. The van der Waals surface area contributed by atoms with Gasteiger partial charge in [-0.25, -0.2) is 9.59 Å². The number of carbonyl (C=O) groups excluding carboxylic acids is 2. The Bertz CT molecular complexity index is 599. The Morgan fingerprint density at radius 3 is 1.68 bits per heavy atom. The summed E-state index contributed by atoms with van der Waals surface area (Å²) in [5.74, 6) is -0.969. The molecule has 4 heteroatoms. The molecule has 0 spiro atoms. The van der Waals surface area contributed by atoms with E-state index in [2.05, 4.69) is 6.92 Å². The van der Waals surface area contributed by atoms with E-state index in [1.165, 1.54) is 0 Å². The van der Waals surface area contributed by atoms with Crippen LogP contribution in [0.25, 0.3) is 0 Å². The van der Waals surface area contributed by atoms with Crippen LogP contribution in [-0.4, -0.2) is 18.2 Å². The van der Waals surface area contributed by atoms with Gasteiger partial charge >= 0.3 is 11.9 Å². The molecular formula is C21H24O4. The average molecular weight is 340 g/mol. The number of ether oxygens (including phenoxy) is 2. The summed E-state index contributed by atoms with van der Waals surface area (Å²) in [7, 11) is 0. The smallest absolute Gasteiger partial charge is 0.341 e. The van der Waals surface area contributed by atoms with Crippen molar-refractivity contribution in [2.45, 2.75) is 45.3 Å². The molecule has 0 bridgehead atoms. The first-order valence-corrected chi connectivity index (χ1v) is 8.72. The second-order valence-corrected chi connectivity index (χ2v) is 5.82. The van der Waals surface area contributed by atoms with Gasteiger partial charge < -0.3 is 9.47 Å². The number of rotatable bonds is 9.